The van der Waals surface area contributed by atoms with Crippen LogP contribution in [0.5, 0.6) is 0 Å². The molecule has 0 saturated carbocycles. The Balaban J connectivity index is 2.56. The van der Waals surface area contributed by atoms with E-state index in [2.05, 4.69) is 5.32 Å². The van der Waals surface area contributed by atoms with Gasteiger partial charge in [0.1, 0.15) is 0 Å². The molecule has 22 heavy (non-hydrogen) atoms. The number of unbranched alkanes of at least 4 members (excludes halogenated alkanes) is 1. The molecule has 0 heterocycles. The average molecular weight is 329 g/mol. The van der Waals surface area contributed by atoms with Crippen molar-refractivity contribution in [3.8, 4) is 0 Å². The first-order valence-corrected chi connectivity index (χ1v) is 8.94. The fourth-order valence-corrected chi connectivity index (χ4v) is 2.36. The zero-order chi connectivity index (χ0) is 16.4. The molecule has 2 N–H and O–H groups in total. The Bertz CT molecular complexity index is 544. The van der Waals surface area contributed by atoms with Gasteiger partial charge in [-0.2, -0.15) is 8.42 Å². The van der Waals surface area contributed by atoms with Crippen LogP contribution >= 0.6 is 0 Å². The maximum absolute atomic E-state index is 12.2. The predicted molar refractivity (Wildman–Crippen MR) is 84.1 cm³/mol. The molecule has 1 aromatic carbocycles. The van der Waals surface area contributed by atoms with Crippen molar-refractivity contribution in [2.24, 2.45) is 0 Å². The minimum absolute atomic E-state index is 0.154. The number of carbonyl (C=O) groups is 1. The molecule has 1 unspecified atom stereocenters. The summed E-state index contributed by atoms with van der Waals surface area (Å²) in [5.74, 6) is -0.683. The second kappa shape index (κ2) is 9.55. The van der Waals surface area contributed by atoms with E-state index in [1.807, 2.05) is 37.3 Å². The summed E-state index contributed by atoms with van der Waals surface area (Å²) in [5.41, 5.74) is 0.755. The molecule has 0 aliphatic carbocycles. The number of ether oxygens (including phenoxy) is 1. The molecule has 0 aromatic heterocycles. The summed E-state index contributed by atoms with van der Waals surface area (Å²) in [6.07, 6.45) is 1.27. The van der Waals surface area contributed by atoms with Crippen molar-refractivity contribution in [1.29, 1.82) is 0 Å². The van der Waals surface area contributed by atoms with Gasteiger partial charge in [-0.25, -0.2) is 0 Å². The molecule has 124 valence electrons. The second-order valence-electron chi connectivity index (χ2n) is 4.95. The summed E-state index contributed by atoms with van der Waals surface area (Å²) in [6, 6.07) is 9.15. The summed E-state index contributed by atoms with van der Waals surface area (Å²) >= 11 is 0. The Labute approximate surface area is 131 Å². The van der Waals surface area contributed by atoms with Gasteiger partial charge < -0.3 is 10.1 Å². The molecular formula is C15H23NO5S. The number of rotatable bonds is 10. The second-order valence-corrected chi connectivity index (χ2v) is 6.52. The first-order valence-electron chi connectivity index (χ1n) is 7.33. The molecule has 6 nitrogen and oxygen atoms in total. The van der Waals surface area contributed by atoms with Gasteiger partial charge >= 0.3 is 0 Å². The number of carbonyl (C=O) groups excluding carboxylic acids is 1. The van der Waals surface area contributed by atoms with Gasteiger partial charge in [0.2, 0.25) is 0 Å². The van der Waals surface area contributed by atoms with E-state index in [0.29, 0.717) is 6.61 Å². The maximum atomic E-state index is 12.2. The van der Waals surface area contributed by atoms with Crippen molar-refractivity contribution >= 4 is 16.0 Å². The number of benzene rings is 1. The smallest absolute Gasteiger partial charge is 0.264 e. The minimum atomic E-state index is -3.99. The van der Waals surface area contributed by atoms with E-state index in [1.54, 1.807) is 0 Å². The van der Waals surface area contributed by atoms with Crippen molar-refractivity contribution in [3.63, 3.8) is 0 Å². The van der Waals surface area contributed by atoms with Gasteiger partial charge in [-0.15, -0.1) is 0 Å². The molecule has 0 aliphatic rings. The zero-order valence-corrected chi connectivity index (χ0v) is 13.5. The highest BCUT2D eigenvalue weighted by Gasteiger charge is 2.20. The van der Waals surface area contributed by atoms with Gasteiger partial charge in [-0.05, 0) is 18.4 Å². The van der Waals surface area contributed by atoms with Crippen molar-refractivity contribution in [1.82, 2.24) is 5.32 Å². The number of nitrogens with one attached hydrogen (secondary N) is 1. The standard InChI is InChI=1S/C15H23NO5S/c1-2-3-11-21-14(13-8-5-4-6-9-13)15(17)16-10-7-12-22(18,19)20/h4-6,8-9,14H,2-3,7,10-12H2,1H3,(H,16,17)(H,18,19,20). The SMILES string of the molecule is CCCCOC(C(=O)NCCCS(=O)(=O)O)c1ccccc1. The lowest BCUT2D eigenvalue weighted by molar-refractivity contribution is -0.133. The highest BCUT2D eigenvalue weighted by molar-refractivity contribution is 7.85. The van der Waals surface area contributed by atoms with E-state index in [-0.39, 0.29) is 24.6 Å². The largest absolute Gasteiger partial charge is 0.364 e. The van der Waals surface area contributed by atoms with E-state index in [4.69, 9.17) is 9.29 Å². The van der Waals surface area contributed by atoms with Crippen LogP contribution in [0.25, 0.3) is 0 Å². The monoisotopic (exact) mass is 329 g/mol. The first kappa shape index (κ1) is 18.6. The number of hydrogen-bond acceptors (Lipinski definition) is 4. The Hall–Kier alpha value is -1.44. The van der Waals surface area contributed by atoms with Crippen molar-refractivity contribution in [2.45, 2.75) is 32.3 Å². The highest BCUT2D eigenvalue weighted by atomic mass is 32.2. The van der Waals surface area contributed by atoms with Crippen LogP contribution in [0.1, 0.15) is 37.9 Å². The lowest BCUT2D eigenvalue weighted by Gasteiger charge is -2.18. The molecule has 0 aliphatic heterocycles. The molecule has 7 heteroatoms. The normalized spacial score (nSPS) is 12.8. The Kier molecular flexibility index (Phi) is 8.08. The molecular weight excluding hydrogens is 306 g/mol. The maximum Gasteiger partial charge on any atom is 0.264 e. The van der Waals surface area contributed by atoms with E-state index in [0.717, 1.165) is 18.4 Å². The lowest BCUT2D eigenvalue weighted by Crippen LogP contribution is -2.32. The molecule has 0 fully saturated rings. The Morgan fingerprint density at radius 2 is 1.95 bits per heavy atom. The summed E-state index contributed by atoms with van der Waals surface area (Å²) in [6.45, 7) is 2.68. The summed E-state index contributed by atoms with van der Waals surface area (Å²) < 4.78 is 35.5. The van der Waals surface area contributed by atoms with Crippen molar-refractivity contribution in [2.75, 3.05) is 18.9 Å². The number of hydrogen-bond donors (Lipinski definition) is 2. The van der Waals surface area contributed by atoms with E-state index < -0.39 is 16.2 Å². The third kappa shape index (κ3) is 7.53. The zero-order valence-electron chi connectivity index (χ0n) is 12.7. The molecule has 0 radical (unpaired) electrons. The van der Waals surface area contributed by atoms with Crippen LogP contribution in [0.2, 0.25) is 0 Å². The molecule has 1 atom stereocenters. The topological polar surface area (TPSA) is 92.7 Å². The van der Waals surface area contributed by atoms with Crippen LogP contribution in [-0.4, -0.2) is 37.8 Å². The summed E-state index contributed by atoms with van der Waals surface area (Å²) in [7, 11) is -3.99. The quantitative estimate of drug-likeness (QED) is 0.505. The fraction of sp³-hybridized carbons (Fsp3) is 0.533. The summed E-state index contributed by atoms with van der Waals surface area (Å²) in [5, 5.41) is 2.64. The minimum Gasteiger partial charge on any atom is -0.364 e. The third-order valence-electron chi connectivity index (χ3n) is 3.00. The van der Waals surface area contributed by atoms with Gasteiger partial charge in [0.15, 0.2) is 6.10 Å². The van der Waals surface area contributed by atoms with Crippen LogP contribution in [0.15, 0.2) is 30.3 Å². The van der Waals surface area contributed by atoms with E-state index in [9.17, 15) is 13.2 Å². The number of amides is 1. The van der Waals surface area contributed by atoms with Crippen LogP contribution < -0.4 is 5.32 Å². The third-order valence-corrected chi connectivity index (χ3v) is 3.81. The molecule has 1 rings (SSSR count). The van der Waals surface area contributed by atoms with Gasteiger partial charge in [0, 0.05) is 13.2 Å². The van der Waals surface area contributed by atoms with Crippen LogP contribution in [0.3, 0.4) is 0 Å². The van der Waals surface area contributed by atoms with Crippen molar-refractivity contribution in [3.05, 3.63) is 35.9 Å². The lowest BCUT2D eigenvalue weighted by atomic mass is 10.1. The summed E-state index contributed by atoms with van der Waals surface area (Å²) in [4.78, 5) is 12.2. The fourth-order valence-electron chi connectivity index (χ4n) is 1.86. The van der Waals surface area contributed by atoms with Crippen LogP contribution in [0, 0.1) is 0 Å². The van der Waals surface area contributed by atoms with Crippen LogP contribution in [-0.2, 0) is 19.6 Å². The molecule has 0 spiro atoms. The molecule has 0 saturated heterocycles. The molecule has 0 bridgehead atoms. The van der Waals surface area contributed by atoms with Gasteiger partial charge in [-0.1, -0.05) is 43.7 Å². The van der Waals surface area contributed by atoms with E-state index >= 15 is 0 Å². The van der Waals surface area contributed by atoms with Gasteiger partial charge in [-0.3, -0.25) is 9.35 Å². The predicted octanol–water partition coefficient (Wildman–Crippen LogP) is 1.94. The van der Waals surface area contributed by atoms with Gasteiger partial charge in [0.05, 0.1) is 5.75 Å². The Morgan fingerprint density at radius 1 is 1.27 bits per heavy atom. The van der Waals surface area contributed by atoms with E-state index in [1.165, 1.54) is 0 Å². The average Bonchev–Trinajstić information content (AvgIpc) is 2.48. The molecule has 1 aromatic rings. The highest BCUT2D eigenvalue weighted by Crippen LogP contribution is 2.17. The van der Waals surface area contributed by atoms with Crippen molar-refractivity contribution < 1.29 is 22.5 Å². The van der Waals surface area contributed by atoms with Crippen LogP contribution in [0.4, 0.5) is 0 Å². The van der Waals surface area contributed by atoms with Gasteiger partial charge in [0.25, 0.3) is 16.0 Å². The Morgan fingerprint density at radius 3 is 2.55 bits per heavy atom. The first-order chi connectivity index (χ1) is 10.4. The molecule has 1 amide bonds.